The molecule has 1 aromatic heterocycles. The van der Waals surface area contributed by atoms with Crippen molar-refractivity contribution in [1.29, 1.82) is 0 Å². The minimum atomic E-state index is -0.139. The van der Waals surface area contributed by atoms with Gasteiger partial charge in [-0.3, -0.25) is 19.1 Å². The number of carbonyl (C=O) groups excluding carboxylic acids is 1. The zero-order valence-corrected chi connectivity index (χ0v) is 18.9. The van der Waals surface area contributed by atoms with Gasteiger partial charge in [-0.1, -0.05) is 55.2 Å². The van der Waals surface area contributed by atoms with Crippen LogP contribution < -0.4 is 19.7 Å². The van der Waals surface area contributed by atoms with E-state index < -0.39 is 0 Å². The van der Waals surface area contributed by atoms with Gasteiger partial charge in [0.2, 0.25) is 0 Å². The smallest absolute Gasteiger partial charge is 0.271 e. The lowest BCUT2D eigenvalue weighted by atomic mass is 10.1. The lowest BCUT2D eigenvalue weighted by Crippen LogP contribution is -2.37. The van der Waals surface area contributed by atoms with Crippen LogP contribution in [0.25, 0.3) is 16.7 Å². The molecule has 2 aliphatic heterocycles. The van der Waals surface area contributed by atoms with Gasteiger partial charge in [-0.15, -0.1) is 11.3 Å². The number of fused-ring (bicyclic) bond motifs is 1. The molecule has 0 spiro atoms. The van der Waals surface area contributed by atoms with Crippen LogP contribution in [0.15, 0.2) is 35.1 Å². The highest BCUT2D eigenvalue weighted by molar-refractivity contribution is 8.30. The van der Waals surface area contributed by atoms with E-state index in [0.29, 0.717) is 25.0 Å². The third-order valence-corrected chi connectivity index (χ3v) is 7.85. The number of likely N-dealkylation sites (N-methyl/N-ethyl adjacent to an activating group) is 1. The highest BCUT2D eigenvalue weighted by Gasteiger charge is 2.31. The Labute approximate surface area is 182 Å². The molecule has 0 radical (unpaired) electrons. The molecule has 2 aromatic rings. The Morgan fingerprint density at radius 3 is 2.52 bits per heavy atom. The second-order valence-corrected chi connectivity index (χ2v) is 9.42. The van der Waals surface area contributed by atoms with Crippen LogP contribution in [-0.2, 0) is 11.3 Å². The topological polar surface area (TPSA) is 45.6 Å². The van der Waals surface area contributed by atoms with E-state index in [4.69, 9.17) is 12.2 Å². The zero-order chi connectivity index (χ0) is 20.7. The van der Waals surface area contributed by atoms with Crippen molar-refractivity contribution in [3.63, 3.8) is 0 Å². The predicted octanol–water partition coefficient (Wildman–Crippen LogP) is 2.58. The molecule has 29 heavy (non-hydrogen) atoms. The van der Waals surface area contributed by atoms with Crippen molar-refractivity contribution in [2.24, 2.45) is 0 Å². The maximum atomic E-state index is 13.4. The number of hydrogen-bond acceptors (Lipinski definition) is 6. The zero-order valence-electron chi connectivity index (χ0n) is 16.5. The van der Waals surface area contributed by atoms with Crippen LogP contribution in [-0.4, -0.2) is 33.3 Å². The Hall–Kier alpha value is -2.16. The summed E-state index contributed by atoms with van der Waals surface area (Å²) in [6, 6.07) is 8.16. The van der Waals surface area contributed by atoms with Crippen molar-refractivity contribution in [2.45, 2.75) is 26.8 Å². The lowest BCUT2D eigenvalue weighted by Gasteiger charge is -2.28. The number of rotatable bonds is 3. The Balaban J connectivity index is 2.04. The number of aromatic nitrogens is 1. The number of para-hydroxylation sites is 1. The van der Waals surface area contributed by atoms with Gasteiger partial charge in [0.1, 0.15) is 18.4 Å². The van der Waals surface area contributed by atoms with Gasteiger partial charge in [0, 0.05) is 25.8 Å². The first-order chi connectivity index (χ1) is 14.0. The molecule has 0 N–H and O–H groups in total. The average Bonchev–Trinajstić information content (AvgIpc) is 3.18. The SMILES string of the molecule is CCCn1c(=C2SC(=S)N(C)C2=O)sc(=C2C=Cc3ccccc3N2CC)c1=O. The van der Waals surface area contributed by atoms with E-state index in [1.165, 1.54) is 28.0 Å². The van der Waals surface area contributed by atoms with E-state index in [2.05, 4.69) is 24.0 Å². The summed E-state index contributed by atoms with van der Waals surface area (Å²) in [6.07, 6.45) is 4.86. The van der Waals surface area contributed by atoms with Crippen LogP contribution in [0.4, 0.5) is 5.69 Å². The Kier molecular flexibility index (Phi) is 5.50. The summed E-state index contributed by atoms with van der Waals surface area (Å²) in [5.41, 5.74) is 3.05. The van der Waals surface area contributed by atoms with Gasteiger partial charge in [-0.05, 0) is 31.1 Å². The predicted molar refractivity (Wildman–Crippen MR) is 126 cm³/mol. The summed E-state index contributed by atoms with van der Waals surface area (Å²) >= 11 is 7.95. The molecule has 4 rings (SSSR count). The first-order valence-corrected chi connectivity index (χ1v) is 11.5. The Morgan fingerprint density at radius 1 is 1.10 bits per heavy atom. The van der Waals surface area contributed by atoms with E-state index in [-0.39, 0.29) is 11.5 Å². The minimum Gasteiger partial charge on any atom is -0.340 e. The molecule has 1 saturated heterocycles. The molecule has 0 unspecified atom stereocenters. The molecule has 2 aliphatic rings. The molecule has 0 atom stereocenters. The van der Waals surface area contributed by atoms with Gasteiger partial charge in [0.15, 0.2) is 0 Å². The van der Waals surface area contributed by atoms with E-state index in [9.17, 15) is 9.59 Å². The monoisotopic (exact) mass is 443 g/mol. The van der Waals surface area contributed by atoms with Crippen LogP contribution in [0.1, 0.15) is 25.8 Å². The Bertz CT molecular complexity index is 1220. The van der Waals surface area contributed by atoms with Crippen LogP contribution in [0.2, 0.25) is 0 Å². The molecule has 0 saturated carbocycles. The molecule has 1 fully saturated rings. The number of thioether (sulfide) groups is 1. The maximum absolute atomic E-state index is 13.4. The number of amides is 1. The fraction of sp³-hybridized carbons (Fsp3) is 0.286. The fourth-order valence-corrected chi connectivity index (χ4v) is 6.08. The number of carbonyl (C=O) groups is 1. The molecule has 150 valence electrons. The van der Waals surface area contributed by atoms with Crippen molar-refractivity contribution >= 4 is 67.9 Å². The van der Waals surface area contributed by atoms with Crippen molar-refractivity contribution in [3.05, 3.63) is 55.5 Å². The molecule has 1 aromatic carbocycles. The van der Waals surface area contributed by atoms with E-state index >= 15 is 0 Å². The normalized spacial score (nSPS) is 20.0. The maximum Gasteiger partial charge on any atom is 0.271 e. The molecule has 8 heteroatoms. The number of thiocarbonyl (C=S) groups is 1. The number of anilines is 1. The molecule has 3 heterocycles. The summed E-state index contributed by atoms with van der Waals surface area (Å²) in [4.78, 5) is 30.3. The highest BCUT2D eigenvalue weighted by atomic mass is 32.2. The third-order valence-electron chi connectivity index (χ3n) is 4.97. The largest absolute Gasteiger partial charge is 0.340 e. The second-order valence-electron chi connectivity index (χ2n) is 6.78. The van der Waals surface area contributed by atoms with Crippen molar-refractivity contribution in [3.8, 4) is 0 Å². The van der Waals surface area contributed by atoms with E-state index in [1.807, 2.05) is 31.2 Å². The summed E-state index contributed by atoms with van der Waals surface area (Å²) < 4.78 is 3.61. The van der Waals surface area contributed by atoms with Gasteiger partial charge >= 0.3 is 0 Å². The summed E-state index contributed by atoms with van der Waals surface area (Å²) in [5, 5.41) is 0. The van der Waals surface area contributed by atoms with E-state index in [1.54, 1.807) is 11.6 Å². The second kappa shape index (κ2) is 7.93. The molecular formula is C21H21N3O2S3. The van der Waals surface area contributed by atoms with Crippen molar-refractivity contribution in [2.75, 3.05) is 18.5 Å². The Morgan fingerprint density at radius 2 is 1.86 bits per heavy atom. The van der Waals surface area contributed by atoms with Gasteiger partial charge in [-0.2, -0.15) is 0 Å². The highest BCUT2D eigenvalue weighted by Crippen LogP contribution is 2.31. The standard InChI is InChI=1S/C21H21N3O2S3/c1-4-12-24-19(26)16(28-20(24)17-18(25)22(3)21(27)29-17)15-11-10-13-8-6-7-9-14(13)23(15)5-2/h6-11H,4-5,12H2,1-3H3. The van der Waals surface area contributed by atoms with Gasteiger partial charge in [0.05, 0.1) is 5.70 Å². The summed E-state index contributed by atoms with van der Waals surface area (Å²) in [5.74, 6) is -0.139. The minimum absolute atomic E-state index is 0.0503. The van der Waals surface area contributed by atoms with Gasteiger partial charge in [0.25, 0.3) is 11.5 Å². The summed E-state index contributed by atoms with van der Waals surface area (Å²) in [7, 11) is 1.68. The third kappa shape index (κ3) is 3.29. The van der Waals surface area contributed by atoms with Crippen LogP contribution in [0.5, 0.6) is 0 Å². The molecule has 5 nitrogen and oxygen atoms in total. The van der Waals surface area contributed by atoms with Gasteiger partial charge < -0.3 is 4.90 Å². The molecule has 0 bridgehead atoms. The molecule has 0 aliphatic carbocycles. The van der Waals surface area contributed by atoms with E-state index in [0.717, 1.165) is 29.9 Å². The quantitative estimate of drug-likeness (QED) is 0.683. The molecule has 1 amide bonds. The number of thiazole rings is 1. The first kappa shape index (κ1) is 20.1. The molecular weight excluding hydrogens is 422 g/mol. The number of benzene rings is 1. The first-order valence-electron chi connectivity index (χ1n) is 9.50. The summed E-state index contributed by atoms with van der Waals surface area (Å²) in [6.45, 7) is 5.42. The van der Waals surface area contributed by atoms with Crippen LogP contribution in [0.3, 0.4) is 0 Å². The van der Waals surface area contributed by atoms with Crippen LogP contribution in [0, 0.1) is 0 Å². The number of nitrogens with zero attached hydrogens (tertiary/aromatic N) is 3. The van der Waals surface area contributed by atoms with Crippen LogP contribution >= 0.6 is 35.3 Å². The lowest BCUT2D eigenvalue weighted by molar-refractivity contribution is -0.119. The van der Waals surface area contributed by atoms with Crippen molar-refractivity contribution < 1.29 is 4.79 Å². The average molecular weight is 444 g/mol. The van der Waals surface area contributed by atoms with Gasteiger partial charge in [-0.25, -0.2) is 0 Å². The fourth-order valence-electron chi connectivity index (χ4n) is 3.54. The number of hydrogen-bond donors (Lipinski definition) is 0. The van der Waals surface area contributed by atoms with Crippen molar-refractivity contribution in [1.82, 2.24) is 9.47 Å².